The van der Waals surface area contributed by atoms with Gasteiger partial charge in [-0.15, -0.1) is 11.3 Å². The molecule has 0 fully saturated rings. The summed E-state index contributed by atoms with van der Waals surface area (Å²) in [6, 6.07) is 3.97. The third kappa shape index (κ3) is 3.76. The number of nitrogens with one attached hydrogen (secondary N) is 1. The summed E-state index contributed by atoms with van der Waals surface area (Å²) in [6.07, 6.45) is 1.80. The summed E-state index contributed by atoms with van der Waals surface area (Å²) in [4.78, 5) is 28.7. The maximum absolute atomic E-state index is 12.2. The number of thiazole rings is 1. The van der Waals surface area contributed by atoms with Gasteiger partial charge in [0.2, 0.25) is 0 Å². The number of amides is 2. The van der Waals surface area contributed by atoms with Gasteiger partial charge in [0, 0.05) is 18.6 Å². The minimum atomic E-state index is -0.773. The van der Waals surface area contributed by atoms with E-state index in [-0.39, 0.29) is 15.6 Å². The van der Waals surface area contributed by atoms with Crippen LogP contribution in [0.2, 0.25) is 10.0 Å². The minimum Gasteiger partial charge on any atom is -0.340 e. The molecule has 2 amide bonds. The monoisotopic (exact) mass is 357 g/mol. The largest absolute Gasteiger partial charge is 0.340 e. The van der Waals surface area contributed by atoms with Gasteiger partial charge in [0.25, 0.3) is 11.8 Å². The summed E-state index contributed by atoms with van der Waals surface area (Å²) < 4.78 is 1.73. The Balaban J connectivity index is 2.13. The number of carbonyl (C=O) groups is 2. The van der Waals surface area contributed by atoms with Crippen molar-refractivity contribution in [3.05, 3.63) is 50.2 Å². The fraction of sp³-hybridized carbons (Fsp3) is 0.214. The van der Waals surface area contributed by atoms with E-state index in [1.54, 1.807) is 36.9 Å². The second-order valence-electron chi connectivity index (χ2n) is 4.54. The van der Waals surface area contributed by atoms with Crippen LogP contribution in [0.3, 0.4) is 0 Å². The molecule has 116 valence electrons. The number of aryl methyl sites for hydroxylation is 1. The fourth-order valence-corrected chi connectivity index (χ4v) is 2.76. The van der Waals surface area contributed by atoms with E-state index in [2.05, 4.69) is 10.3 Å². The SMILES string of the molecule is C[C@H](NC(=O)c1cccc(Cl)c1Cl)C(=O)N=c1sccn1C. The summed E-state index contributed by atoms with van der Waals surface area (Å²) >= 11 is 13.2. The lowest BCUT2D eigenvalue weighted by molar-refractivity contribution is -0.119. The van der Waals surface area contributed by atoms with Gasteiger partial charge in [-0.3, -0.25) is 9.59 Å². The lowest BCUT2D eigenvalue weighted by Gasteiger charge is -2.11. The van der Waals surface area contributed by atoms with Gasteiger partial charge >= 0.3 is 0 Å². The van der Waals surface area contributed by atoms with Crippen LogP contribution in [0.25, 0.3) is 0 Å². The molecule has 1 aromatic carbocycles. The van der Waals surface area contributed by atoms with Crippen LogP contribution >= 0.6 is 34.5 Å². The molecule has 2 aromatic rings. The van der Waals surface area contributed by atoms with Crippen LogP contribution in [0, 0.1) is 0 Å². The van der Waals surface area contributed by atoms with Gasteiger partial charge in [0.15, 0.2) is 4.80 Å². The van der Waals surface area contributed by atoms with Crippen LogP contribution in [0.15, 0.2) is 34.8 Å². The predicted octanol–water partition coefficient (Wildman–Crippen LogP) is 2.64. The molecule has 0 spiro atoms. The van der Waals surface area contributed by atoms with Crippen LogP contribution in [-0.2, 0) is 11.8 Å². The molecular weight excluding hydrogens is 345 g/mol. The van der Waals surface area contributed by atoms with Gasteiger partial charge in [-0.05, 0) is 19.1 Å². The van der Waals surface area contributed by atoms with Gasteiger partial charge in [-0.25, -0.2) is 0 Å². The van der Waals surface area contributed by atoms with Crippen molar-refractivity contribution in [1.29, 1.82) is 0 Å². The predicted molar refractivity (Wildman–Crippen MR) is 87.3 cm³/mol. The Morgan fingerprint density at radius 1 is 1.36 bits per heavy atom. The van der Waals surface area contributed by atoms with Crippen molar-refractivity contribution in [3.8, 4) is 0 Å². The molecular formula is C14H13Cl2N3O2S. The number of carbonyl (C=O) groups excluding carboxylic acids is 2. The minimum absolute atomic E-state index is 0.155. The summed E-state index contributed by atoms with van der Waals surface area (Å²) in [7, 11) is 1.79. The molecule has 1 heterocycles. The number of rotatable bonds is 3. The molecule has 8 heteroatoms. The van der Waals surface area contributed by atoms with Crippen molar-refractivity contribution in [2.75, 3.05) is 0 Å². The van der Waals surface area contributed by atoms with Crippen molar-refractivity contribution >= 4 is 46.4 Å². The summed E-state index contributed by atoms with van der Waals surface area (Å²) in [5.41, 5.74) is 0.218. The van der Waals surface area contributed by atoms with E-state index in [0.29, 0.717) is 4.80 Å². The van der Waals surface area contributed by atoms with Crippen molar-refractivity contribution in [1.82, 2.24) is 9.88 Å². The van der Waals surface area contributed by atoms with Crippen LogP contribution in [-0.4, -0.2) is 22.4 Å². The second kappa shape index (κ2) is 7.09. The Kier molecular flexibility index (Phi) is 5.39. The van der Waals surface area contributed by atoms with Crippen LogP contribution in [0.1, 0.15) is 17.3 Å². The normalized spacial score (nSPS) is 13.0. The van der Waals surface area contributed by atoms with Crippen molar-refractivity contribution in [2.45, 2.75) is 13.0 Å². The Morgan fingerprint density at radius 2 is 2.09 bits per heavy atom. The zero-order valence-corrected chi connectivity index (χ0v) is 14.2. The highest BCUT2D eigenvalue weighted by Crippen LogP contribution is 2.25. The Bertz CT molecular complexity index is 782. The fourth-order valence-electron chi connectivity index (χ4n) is 1.64. The van der Waals surface area contributed by atoms with E-state index in [9.17, 15) is 9.59 Å². The molecule has 0 bridgehead atoms. The molecule has 0 unspecified atom stereocenters. The number of halogens is 2. The van der Waals surface area contributed by atoms with Gasteiger partial charge < -0.3 is 9.88 Å². The molecule has 1 aromatic heterocycles. The van der Waals surface area contributed by atoms with Gasteiger partial charge in [0.1, 0.15) is 6.04 Å². The van der Waals surface area contributed by atoms with E-state index >= 15 is 0 Å². The van der Waals surface area contributed by atoms with Crippen LogP contribution < -0.4 is 10.1 Å². The van der Waals surface area contributed by atoms with Crippen LogP contribution in [0.5, 0.6) is 0 Å². The first-order valence-electron chi connectivity index (χ1n) is 6.33. The first kappa shape index (κ1) is 16.7. The van der Waals surface area contributed by atoms with Gasteiger partial charge in [0.05, 0.1) is 15.6 Å². The first-order valence-corrected chi connectivity index (χ1v) is 7.97. The third-order valence-corrected chi connectivity index (χ3v) is 4.55. The van der Waals surface area contributed by atoms with Crippen molar-refractivity contribution < 1.29 is 9.59 Å². The van der Waals surface area contributed by atoms with Crippen molar-refractivity contribution in [2.24, 2.45) is 12.0 Å². The average molecular weight is 358 g/mol. The first-order chi connectivity index (χ1) is 10.4. The Labute approximate surface area is 141 Å². The van der Waals surface area contributed by atoms with Crippen LogP contribution in [0.4, 0.5) is 0 Å². The lowest BCUT2D eigenvalue weighted by atomic mass is 10.2. The molecule has 22 heavy (non-hydrogen) atoms. The summed E-state index contributed by atoms with van der Waals surface area (Å²) in [6.45, 7) is 1.57. The zero-order chi connectivity index (χ0) is 16.3. The highest BCUT2D eigenvalue weighted by Gasteiger charge is 2.18. The van der Waals surface area contributed by atoms with Crippen molar-refractivity contribution in [3.63, 3.8) is 0 Å². The lowest BCUT2D eigenvalue weighted by Crippen LogP contribution is -2.38. The maximum Gasteiger partial charge on any atom is 0.270 e. The summed E-state index contributed by atoms with van der Waals surface area (Å²) in [5.74, 6) is -0.913. The van der Waals surface area contributed by atoms with E-state index in [0.717, 1.165) is 0 Å². The average Bonchev–Trinajstić information content (AvgIpc) is 2.87. The molecule has 0 aliphatic rings. The number of aromatic nitrogens is 1. The third-order valence-electron chi connectivity index (χ3n) is 2.88. The number of benzene rings is 1. The molecule has 1 atom stereocenters. The zero-order valence-electron chi connectivity index (χ0n) is 11.8. The number of hydrogen-bond donors (Lipinski definition) is 1. The molecule has 0 radical (unpaired) electrons. The van der Waals surface area contributed by atoms with E-state index in [1.165, 1.54) is 17.4 Å². The van der Waals surface area contributed by atoms with E-state index in [1.807, 2.05) is 5.38 Å². The topological polar surface area (TPSA) is 63.5 Å². The maximum atomic E-state index is 12.2. The molecule has 2 rings (SSSR count). The number of nitrogens with zero attached hydrogens (tertiary/aromatic N) is 2. The molecule has 0 saturated heterocycles. The Morgan fingerprint density at radius 3 is 2.73 bits per heavy atom. The Hall–Kier alpha value is -1.63. The van der Waals surface area contributed by atoms with E-state index < -0.39 is 17.9 Å². The molecule has 0 saturated carbocycles. The highest BCUT2D eigenvalue weighted by molar-refractivity contribution is 7.07. The molecule has 0 aliphatic heterocycles. The molecule has 1 N–H and O–H groups in total. The molecule has 0 aliphatic carbocycles. The van der Waals surface area contributed by atoms with E-state index in [4.69, 9.17) is 23.2 Å². The second-order valence-corrected chi connectivity index (χ2v) is 6.20. The summed E-state index contributed by atoms with van der Waals surface area (Å²) in [5, 5.41) is 4.82. The number of hydrogen-bond acceptors (Lipinski definition) is 3. The standard InChI is InChI=1S/C14H13Cl2N3O2S/c1-8(12(20)18-14-19(2)6-7-22-14)17-13(21)9-4-3-5-10(15)11(9)16/h3-8H,1-2H3,(H,17,21)/t8-/m0/s1. The van der Waals surface area contributed by atoms with Gasteiger partial charge in [-0.2, -0.15) is 4.99 Å². The van der Waals surface area contributed by atoms with Gasteiger partial charge in [-0.1, -0.05) is 29.3 Å². The quantitative estimate of drug-likeness (QED) is 0.917. The smallest absolute Gasteiger partial charge is 0.270 e. The highest BCUT2D eigenvalue weighted by atomic mass is 35.5. The molecule has 5 nitrogen and oxygen atoms in total.